The highest BCUT2D eigenvalue weighted by atomic mass is 35.5. The maximum Gasteiger partial charge on any atom is 0.346 e. The second kappa shape index (κ2) is 4.58. The Kier molecular flexibility index (Phi) is 3.42. The molecule has 1 aromatic rings. The van der Waals surface area contributed by atoms with Crippen molar-refractivity contribution in [1.82, 2.24) is 0 Å². The predicted molar refractivity (Wildman–Crippen MR) is 52.6 cm³/mol. The predicted octanol–water partition coefficient (Wildman–Crippen LogP) is 2.47. The molecule has 15 heavy (non-hydrogen) atoms. The zero-order valence-corrected chi connectivity index (χ0v) is 8.12. The van der Waals surface area contributed by atoms with E-state index in [0.29, 0.717) is 0 Å². The maximum atomic E-state index is 12.9. The SMILES string of the molecule is N#C/C(=C\c1ccc(Cl)c(F)c1)C(=O)O. The number of hydrogen-bond donors (Lipinski definition) is 1. The summed E-state index contributed by atoms with van der Waals surface area (Å²) in [5.41, 5.74) is -0.187. The molecule has 1 rings (SSSR count). The van der Waals surface area contributed by atoms with Gasteiger partial charge in [0.25, 0.3) is 0 Å². The number of nitrogens with zero attached hydrogens (tertiary/aromatic N) is 1. The number of hydrogen-bond acceptors (Lipinski definition) is 2. The summed E-state index contributed by atoms with van der Waals surface area (Å²) in [4.78, 5) is 10.5. The Morgan fingerprint density at radius 2 is 2.27 bits per heavy atom. The molecule has 0 aliphatic rings. The van der Waals surface area contributed by atoms with Crippen LogP contribution >= 0.6 is 11.6 Å². The molecule has 0 saturated carbocycles. The minimum atomic E-state index is -1.35. The smallest absolute Gasteiger partial charge is 0.346 e. The molecule has 0 aliphatic heterocycles. The van der Waals surface area contributed by atoms with Crippen molar-refractivity contribution in [3.63, 3.8) is 0 Å². The largest absolute Gasteiger partial charge is 0.477 e. The third-order valence-electron chi connectivity index (χ3n) is 1.61. The van der Waals surface area contributed by atoms with E-state index in [9.17, 15) is 9.18 Å². The Bertz CT molecular complexity index is 477. The van der Waals surface area contributed by atoms with Gasteiger partial charge in [-0.05, 0) is 23.8 Å². The molecule has 0 bridgehead atoms. The number of benzene rings is 1. The van der Waals surface area contributed by atoms with Gasteiger partial charge < -0.3 is 5.11 Å². The molecule has 1 aromatic carbocycles. The molecular weight excluding hydrogens is 221 g/mol. The molecule has 0 heterocycles. The average molecular weight is 226 g/mol. The van der Waals surface area contributed by atoms with Crippen LogP contribution in [0.2, 0.25) is 5.02 Å². The van der Waals surface area contributed by atoms with E-state index in [2.05, 4.69) is 0 Å². The van der Waals surface area contributed by atoms with Crippen molar-refractivity contribution in [2.24, 2.45) is 0 Å². The lowest BCUT2D eigenvalue weighted by molar-refractivity contribution is -0.132. The maximum absolute atomic E-state index is 12.9. The van der Waals surface area contributed by atoms with Gasteiger partial charge in [0, 0.05) is 0 Å². The second-order valence-electron chi connectivity index (χ2n) is 2.65. The van der Waals surface area contributed by atoms with E-state index in [1.165, 1.54) is 18.2 Å². The van der Waals surface area contributed by atoms with Gasteiger partial charge in [0.15, 0.2) is 0 Å². The molecule has 76 valence electrons. The number of carboxylic acids is 1. The van der Waals surface area contributed by atoms with E-state index in [4.69, 9.17) is 22.0 Å². The van der Waals surface area contributed by atoms with Crippen LogP contribution in [0.5, 0.6) is 0 Å². The van der Waals surface area contributed by atoms with Crippen molar-refractivity contribution < 1.29 is 14.3 Å². The highest BCUT2D eigenvalue weighted by Gasteiger charge is 2.06. The lowest BCUT2D eigenvalue weighted by Crippen LogP contribution is -1.97. The van der Waals surface area contributed by atoms with Gasteiger partial charge in [0.05, 0.1) is 5.02 Å². The van der Waals surface area contributed by atoms with Crippen molar-refractivity contribution in [2.45, 2.75) is 0 Å². The van der Waals surface area contributed by atoms with Crippen molar-refractivity contribution in [2.75, 3.05) is 0 Å². The molecule has 3 nitrogen and oxygen atoms in total. The molecule has 0 amide bonds. The summed E-state index contributed by atoms with van der Waals surface area (Å²) in [7, 11) is 0. The highest BCUT2D eigenvalue weighted by Crippen LogP contribution is 2.17. The number of rotatable bonds is 2. The first-order valence-electron chi connectivity index (χ1n) is 3.84. The molecule has 1 N–H and O–H groups in total. The minimum Gasteiger partial charge on any atom is -0.477 e. The van der Waals surface area contributed by atoms with E-state index >= 15 is 0 Å². The molecule has 0 fully saturated rings. The van der Waals surface area contributed by atoms with E-state index in [-0.39, 0.29) is 10.6 Å². The van der Waals surface area contributed by atoms with Gasteiger partial charge in [-0.1, -0.05) is 17.7 Å². The summed E-state index contributed by atoms with van der Waals surface area (Å²) in [6.07, 6.45) is 1.07. The van der Waals surface area contributed by atoms with Crippen LogP contribution in [-0.2, 0) is 4.79 Å². The Morgan fingerprint density at radius 1 is 1.60 bits per heavy atom. The van der Waals surface area contributed by atoms with E-state index in [0.717, 1.165) is 12.1 Å². The third kappa shape index (κ3) is 2.79. The number of halogens is 2. The monoisotopic (exact) mass is 225 g/mol. The molecule has 0 aliphatic carbocycles. The molecule has 0 atom stereocenters. The van der Waals surface area contributed by atoms with Gasteiger partial charge in [0.1, 0.15) is 17.5 Å². The first-order chi connectivity index (χ1) is 7.04. The van der Waals surface area contributed by atoms with Crippen LogP contribution in [0, 0.1) is 17.1 Å². The Morgan fingerprint density at radius 3 is 2.73 bits per heavy atom. The molecule has 0 saturated heterocycles. The van der Waals surface area contributed by atoms with Crippen LogP contribution < -0.4 is 0 Å². The fourth-order valence-electron chi connectivity index (χ4n) is 0.911. The first-order valence-corrected chi connectivity index (χ1v) is 4.22. The lowest BCUT2D eigenvalue weighted by atomic mass is 10.1. The Labute approximate surface area is 90.0 Å². The zero-order chi connectivity index (χ0) is 11.4. The van der Waals surface area contributed by atoms with Crippen molar-refractivity contribution in [3.05, 3.63) is 40.2 Å². The van der Waals surface area contributed by atoms with E-state index in [1.54, 1.807) is 0 Å². The third-order valence-corrected chi connectivity index (χ3v) is 1.91. The summed E-state index contributed by atoms with van der Waals surface area (Å²) in [5, 5.41) is 17.0. The van der Waals surface area contributed by atoms with Gasteiger partial charge >= 0.3 is 5.97 Å². The molecule has 0 aromatic heterocycles. The fourth-order valence-corrected chi connectivity index (χ4v) is 1.03. The lowest BCUT2D eigenvalue weighted by Gasteiger charge is -1.96. The van der Waals surface area contributed by atoms with Crippen LogP contribution in [0.15, 0.2) is 23.8 Å². The van der Waals surface area contributed by atoms with Gasteiger partial charge in [-0.2, -0.15) is 5.26 Å². The number of carbonyl (C=O) groups is 1. The first kappa shape index (κ1) is 11.2. The molecule has 0 unspecified atom stereocenters. The summed E-state index contributed by atoms with van der Waals surface area (Å²) in [6.45, 7) is 0. The quantitative estimate of drug-likeness (QED) is 0.621. The van der Waals surface area contributed by atoms with Gasteiger partial charge in [-0.25, -0.2) is 9.18 Å². The van der Waals surface area contributed by atoms with Gasteiger partial charge in [0.2, 0.25) is 0 Å². The zero-order valence-electron chi connectivity index (χ0n) is 7.37. The van der Waals surface area contributed by atoms with Gasteiger partial charge in [-0.3, -0.25) is 0 Å². The van der Waals surface area contributed by atoms with Crippen LogP contribution in [0.25, 0.3) is 6.08 Å². The molecular formula is C10H5ClFNO2. The fraction of sp³-hybridized carbons (Fsp3) is 0. The number of carboxylic acid groups (broad SMARTS) is 1. The number of nitriles is 1. The Hall–Kier alpha value is -1.86. The summed E-state index contributed by atoms with van der Waals surface area (Å²) in [6, 6.07) is 5.26. The summed E-state index contributed by atoms with van der Waals surface area (Å²) >= 11 is 5.44. The second-order valence-corrected chi connectivity index (χ2v) is 3.06. The topological polar surface area (TPSA) is 61.1 Å². The average Bonchev–Trinajstić information content (AvgIpc) is 2.19. The Balaban J connectivity index is 3.14. The van der Waals surface area contributed by atoms with Crippen molar-refractivity contribution in [3.8, 4) is 6.07 Å². The standard InChI is InChI=1S/C10H5ClFNO2/c11-8-2-1-6(4-9(8)12)3-7(5-13)10(14)15/h1-4H,(H,14,15)/b7-3+. The van der Waals surface area contributed by atoms with Crippen LogP contribution in [-0.4, -0.2) is 11.1 Å². The van der Waals surface area contributed by atoms with Gasteiger partial charge in [-0.15, -0.1) is 0 Å². The van der Waals surface area contributed by atoms with E-state index < -0.39 is 17.4 Å². The van der Waals surface area contributed by atoms with Crippen LogP contribution in [0.3, 0.4) is 0 Å². The molecule has 5 heteroatoms. The van der Waals surface area contributed by atoms with Crippen LogP contribution in [0.4, 0.5) is 4.39 Å². The number of aliphatic carboxylic acids is 1. The molecule has 0 spiro atoms. The minimum absolute atomic E-state index is 0.0546. The van der Waals surface area contributed by atoms with E-state index in [1.807, 2.05) is 0 Å². The highest BCUT2D eigenvalue weighted by molar-refractivity contribution is 6.30. The van der Waals surface area contributed by atoms with Crippen molar-refractivity contribution >= 4 is 23.6 Å². The summed E-state index contributed by atoms with van der Waals surface area (Å²) in [5.74, 6) is -2.01. The van der Waals surface area contributed by atoms with Crippen molar-refractivity contribution in [1.29, 1.82) is 5.26 Å². The molecule has 0 radical (unpaired) electrons. The summed E-state index contributed by atoms with van der Waals surface area (Å²) < 4.78 is 12.9. The van der Waals surface area contributed by atoms with Crippen LogP contribution in [0.1, 0.15) is 5.56 Å². The normalized spacial score (nSPS) is 10.9.